The van der Waals surface area contributed by atoms with Crippen LogP contribution >= 0.6 is 0 Å². The minimum Gasteiger partial charge on any atom is -0.393 e. The molecule has 4 heteroatoms. The Balaban J connectivity index is 1.73. The summed E-state index contributed by atoms with van der Waals surface area (Å²) in [5.41, 5.74) is -2.58. The van der Waals surface area contributed by atoms with Gasteiger partial charge in [-0.1, -0.05) is 13.8 Å². The van der Waals surface area contributed by atoms with Gasteiger partial charge in [-0.05, 0) is 61.7 Å². The van der Waals surface area contributed by atoms with E-state index in [2.05, 4.69) is 6.92 Å². The molecule has 4 aliphatic rings. The van der Waals surface area contributed by atoms with Crippen LogP contribution in [0.3, 0.4) is 0 Å². The maximum absolute atomic E-state index is 15.8. The van der Waals surface area contributed by atoms with Crippen molar-refractivity contribution in [3.8, 4) is 0 Å². The van der Waals surface area contributed by atoms with E-state index in [4.69, 9.17) is 0 Å². The van der Waals surface area contributed by atoms with Gasteiger partial charge in [-0.3, -0.25) is 4.79 Å². The lowest BCUT2D eigenvalue weighted by molar-refractivity contribution is -0.192. The van der Waals surface area contributed by atoms with Gasteiger partial charge in [0, 0.05) is 18.3 Å². The number of alkyl halides is 1. The number of ketones is 1. The minimum absolute atomic E-state index is 0.0177. The fourth-order valence-corrected chi connectivity index (χ4v) is 6.95. The van der Waals surface area contributed by atoms with Crippen LogP contribution in [0.1, 0.15) is 65.2 Å². The predicted molar refractivity (Wildman–Crippen MR) is 84.5 cm³/mol. The SMILES string of the molecule is C[C@]12CC[C@H]3[C@@H](CC(=O)[C@@]4(F)C[C@H](O)CC[C@]34C)[C@@H]1CC[C@@H]2O. The molecule has 0 aliphatic heterocycles. The molecule has 4 rings (SSSR count). The van der Waals surface area contributed by atoms with Crippen LogP contribution in [0.2, 0.25) is 0 Å². The van der Waals surface area contributed by atoms with Crippen molar-refractivity contribution >= 4 is 5.78 Å². The van der Waals surface area contributed by atoms with Crippen molar-refractivity contribution in [2.75, 3.05) is 0 Å². The van der Waals surface area contributed by atoms with Crippen molar-refractivity contribution in [1.29, 1.82) is 0 Å². The van der Waals surface area contributed by atoms with Gasteiger partial charge in [0.1, 0.15) is 0 Å². The van der Waals surface area contributed by atoms with Crippen LogP contribution in [-0.2, 0) is 4.79 Å². The number of hydrogen-bond donors (Lipinski definition) is 2. The van der Waals surface area contributed by atoms with Gasteiger partial charge in [0.25, 0.3) is 0 Å². The van der Waals surface area contributed by atoms with Crippen LogP contribution in [0, 0.1) is 28.6 Å². The second kappa shape index (κ2) is 4.78. The van der Waals surface area contributed by atoms with E-state index in [1.165, 1.54) is 0 Å². The highest BCUT2D eigenvalue weighted by molar-refractivity contribution is 5.89. The van der Waals surface area contributed by atoms with Gasteiger partial charge in [-0.2, -0.15) is 0 Å². The standard InChI is InChI=1S/C19H29FO3/c1-17-7-6-14-12(13(17)3-4-15(17)22)9-16(23)19(20)10-11(21)5-8-18(14,19)2/h11-15,21-22H,3-10H2,1-2H3/t11-,12+,13+,14+,15+,17+,18-,19+/m1/s1. The van der Waals surface area contributed by atoms with Gasteiger partial charge in [-0.25, -0.2) is 4.39 Å². The quantitative estimate of drug-likeness (QED) is 0.720. The van der Waals surface area contributed by atoms with Crippen LogP contribution < -0.4 is 0 Å². The largest absolute Gasteiger partial charge is 0.393 e. The van der Waals surface area contributed by atoms with Crippen LogP contribution in [-0.4, -0.2) is 33.9 Å². The molecular formula is C19H29FO3. The first-order valence-electron chi connectivity index (χ1n) is 9.31. The lowest BCUT2D eigenvalue weighted by Crippen LogP contribution is -2.65. The number of carbonyl (C=O) groups is 1. The molecule has 0 spiro atoms. The number of aliphatic hydroxyl groups excluding tert-OH is 2. The summed E-state index contributed by atoms with van der Waals surface area (Å²) in [6, 6.07) is 0. The zero-order valence-electron chi connectivity index (χ0n) is 14.2. The summed E-state index contributed by atoms with van der Waals surface area (Å²) >= 11 is 0. The molecule has 0 heterocycles. The molecule has 23 heavy (non-hydrogen) atoms. The maximum Gasteiger partial charge on any atom is 0.176 e. The second-order valence-electron chi connectivity index (χ2n) is 9.26. The van der Waals surface area contributed by atoms with Crippen molar-refractivity contribution in [2.24, 2.45) is 28.6 Å². The molecule has 0 radical (unpaired) electrons. The zero-order chi connectivity index (χ0) is 16.6. The van der Waals surface area contributed by atoms with E-state index >= 15 is 4.39 Å². The summed E-state index contributed by atoms with van der Waals surface area (Å²) in [4.78, 5) is 12.8. The third-order valence-electron chi connectivity index (χ3n) is 8.49. The number of halogens is 1. The molecule has 4 fully saturated rings. The number of hydrogen-bond acceptors (Lipinski definition) is 3. The number of aliphatic hydroxyl groups is 2. The molecule has 8 atom stereocenters. The Hall–Kier alpha value is -0.480. The summed E-state index contributed by atoms with van der Waals surface area (Å²) in [5.74, 6) is 0.475. The second-order valence-corrected chi connectivity index (χ2v) is 9.26. The van der Waals surface area contributed by atoms with E-state index in [9.17, 15) is 15.0 Å². The fourth-order valence-electron chi connectivity index (χ4n) is 6.95. The van der Waals surface area contributed by atoms with Gasteiger partial charge >= 0.3 is 0 Å². The molecule has 3 nitrogen and oxygen atoms in total. The van der Waals surface area contributed by atoms with E-state index in [0.717, 1.165) is 25.7 Å². The van der Waals surface area contributed by atoms with Gasteiger partial charge in [0.2, 0.25) is 0 Å². The Kier molecular flexibility index (Phi) is 3.33. The van der Waals surface area contributed by atoms with Crippen molar-refractivity contribution in [3.63, 3.8) is 0 Å². The first kappa shape index (κ1) is 16.0. The number of Topliss-reactive ketones (excluding diaryl/α,β-unsaturated/α-hetero) is 1. The highest BCUT2D eigenvalue weighted by Crippen LogP contribution is 2.67. The molecule has 4 saturated carbocycles. The molecule has 0 aromatic rings. The first-order chi connectivity index (χ1) is 10.7. The Bertz CT molecular complexity index is 537. The van der Waals surface area contributed by atoms with E-state index in [0.29, 0.717) is 25.2 Å². The van der Waals surface area contributed by atoms with E-state index in [1.807, 2.05) is 6.92 Å². The van der Waals surface area contributed by atoms with Gasteiger partial charge < -0.3 is 10.2 Å². The summed E-state index contributed by atoms with van der Waals surface area (Å²) in [5, 5.41) is 20.4. The van der Waals surface area contributed by atoms with Gasteiger partial charge in [0.15, 0.2) is 11.5 Å². The van der Waals surface area contributed by atoms with Gasteiger partial charge in [-0.15, -0.1) is 0 Å². The third kappa shape index (κ3) is 1.85. The Labute approximate surface area is 137 Å². The monoisotopic (exact) mass is 324 g/mol. The molecule has 0 saturated heterocycles. The highest BCUT2D eigenvalue weighted by atomic mass is 19.1. The number of rotatable bonds is 0. The van der Waals surface area contributed by atoms with E-state index in [-0.39, 0.29) is 35.6 Å². The first-order valence-corrected chi connectivity index (χ1v) is 9.31. The van der Waals surface area contributed by atoms with E-state index < -0.39 is 17.2 Å². The van der Waals surface area contributed by atoms with Crippen LogP contribution in [0.4, 0.5) is 4.39 Å². The lowest BCUT2D eigenvalue weighted by atomic mass is 9.44. The van der Waals surface area contributed by atoms with Gasteiger partial charge in [0.05, 0.1) is 12.2 Å². The topological polar surface area (TPSA) is 57.5 Å². The summed E-state index contributed by atoms with van der Waals surface area (Å²) in [6.45, 7) is 4.13. The third-order valence-corrected chi connectivity index (χ3v) is 8.49. The fraction of sp³-hybridized carbons (Fsp3) is 0.947. The van der Waals surface area contributed by atoms with Crippen LogP contribution in [0.5, 0.6) is 0 Å². The normalized spacial score (nSPS) is 59.2. The Morgan fingerprint density at radius 1 is 1.04 bits per heavy atom. The molecule has 0 aromatic heterocycles. The zero-order valence-corrected chi connectivity index (χ0v) is 14.2. The van der Waals surface area contributed by atoms with Crippen molar-refractivity contribution < 1.29 is 19.4 Å². The Morgan fingerprint density at radius 2 is 1.78 bits per heavy atom. The molecule has 0 bridgehead atoms. The highest BCUT2D eigenvalue weighted by Gasteiger charge is 2.68. The smallest absolute Gasteiger partial charge is 0.176 e. The molecule has 2 N–H and O–H groups in total. The molecular weight excluding hydrogens is 295 g/mol. The summed E-state index contributed by atoms with van der Waals surface area (Å²) in [7, 11) is 0. The maximum atomic E-state index is 15.8. The van der Waals surface area contributed by atoms with E-state index in [1.54, 1.807) is 0 Å². The Morgan fingerprint density at radius 3 is 2.52 bits per heavy atom. The molecule has 0 aromatic carbocycles. The average Bonchev–Trinajstić information content (AvgIpc) is 2.79. The molecule has 4 aliphatic carbocycles. The number of carbonyl (C=O) groups excluding carboxylic acids is 1. The van der Waals surface area contributed by atoms with Crippen molar-refractivity contribution in [3.05, 3.63) is 0 Å². The minimum atomic E-state index is -1.85. The molecule has 130 valence electrons. The molecule has 0 unspecified atom stereocenters. The summed E-state index contributed by atoms with van der Waals surface area (Å²) in [6.07, 6.45) is 4.14. The summed E-state index contributed by atoms with van der Waals surface area (Å²) < 4.78 is 15.8. The van der Waals surface area contributed by atoms with Crippen LogP contribution in [0.15, 0.2) is 0 Å². The average molecular weight is 324 g/mol. The van der Waals surface area contributed by atoms with Crippen molar-refractivity contribution in [2.45, 2.75) is 83.1 Å². The van der Waals surface area contributed by atoms with Crippen LogP contribution in [0.25, 0.3) is 0 Å². The predicted octanol–water partition coefficient (Wildman–Crippen LogP) is 3.02. The lowest BCUT2D eigenvalue weighted by Gasteiger charge is -2.61. The number of fused-ring (bicyclic) bond motifs is 5. The van der Waals surface area contributed by atoms with Crippen molar-refractivity contribution in [1.82, 2.24) is 0 Å². The molecule has 0 amide bonds.